The van der Waals surface area contributed by atoms with Gasteiger partial charge >= 0.3 is 0 Å². The monoisotopic (exact) mass is 451 g/mol. The molecule has 0 saturated carbocycles. The number of aryl methyl sites for hydroxylation is 1. The number of ether oxygens (including phenoxy) is 1. The van der Waals surface area contributed by atoms with Gasteiger partial charge in [0.15, 0.2) is 0 Å². The maximum atomic E-state index is 12.0. The fourth-order valence-corrected chi connectivity index (χ4v) is 4.46. The Morgan fingerprint density at radius 2 is 1.82 bits per heavy atom. The molecule has 0 bridgehead atoms. The van der Waals surface area contributed by atoms with Crippen LogP contribution in [0, 0.1) is 0 Å². The Morgan fingerprint density at radius 3 is 2.50 bits per heavy atom. The predicted molar refractivity (Wildman–Crippen MR) is 134 cm³/mol. The number of carbonyl (C=O) groups excluding carboxylic acids is 1. The first-order valence-corrected chi connectivity index (χ1v) is 11.1. The number of hydrogen-bond acceptors (Lipinski definition) is 5. The van der Waals surface area contributed by atoms with Crippen LogP contribution in [0.4, 0.5) is 5.82 Å². The first-order valence-electron chi connectivity index (χ1n) is 11.1. The van der Waals surface area contributed by atoms with E-state index < -0.39 is 0 Å². The van der Waals surface area contributed by atoms with Gasteiger partial charge in [-0.3, -0.25) is 4.79 Å². The van der Waals surface area contributed by atoms with Gasteiger partial charge in [0.25, 0.3) is 0 Å². The number of carbonyl (C=O) groups is 1. The van der Waals surface area contributed by atoms with E-state index in [2.05, 4.69) is 27.2 Å². The Hall–Kier alpha value is -4.39. The van der Waals surface area contributed by atoms with Gasteiger partial charge in [0.2, 0.25) is 5.91 Å². The molecule has 3 heterocycles. The second-order valence-corrected chi connectivity index (χ2v) is 8.15. The van der Waals surface area contributed by atoms with E-state index in [9.17, 15) is 4.79 Å². The second kappa shape index (κ2) is 8.86. The van der Waals surface area contributed by atoms with Gasteiger partial charge < -0.3 is 19.9 Å². The number of aromatic nitrogens is 3. The van der Waals surface area contributed by atoms with Gasteiger partial charge in [-0.15, -0.1) is 0 Å². The van der Waals surface area contributed by atoms with E-state index >= 15 is 0 Å². The Kier molecular flexibility index (Phi) is 5.59. The Morgan fingerprint density at radius 1 is 1.09 bits per heavy atom. The highest BCUT2D eigenvalue weighted by Crippen LogP contribution is 2.41. The third-order valence-electron chi connectivity index (χ3n) is 6.12. The molecule has 5 rings (SSSR count). The fraction of sp³-hybridized carbons (Fsp3) is 0.148. The lowest BCUT2D eigenvalue weighted by Gasteiger charge is -2.26. The number of amides is 1. The van der Waals surface area contributed by atoms with Crippen LogP contribution in [0.2, 0.25) is 0 Å². The van der Waals surface area contributed by atoms with Gasteiger partial charge in [-0.1, -0.05) is 43.0 Å². The van der Waals surface area contributed by atoms with Crippen molar-refractivity contribution in [3.05, 3.63) is 85.3 Å². The molecular formula is C27H25N5O2. The quantitative estimate of drug-likeness (QED) is 0.440. The highest BCUT2D eigenvalue weighted by atomic mass is 16.5. The number of para-hydroxylation sites is 1. The van der Waals surface area contributed by atoms with E-state index in [-0.39, 0.29) is 5.91 Å². The number of rotatable bonds is 5. The molecule has 1 aliphatic heterocycles. The summed E-state index contributed by atoms with van der Waals surface area (Å²) in [7, 11) is 1.99. The van der Waals surface area contributed by atoms with Crippen LogP contribution in [-0.2, 0) is 11.8 Å². The van der Waals surface area contributed by atoms with Crippen LogP contribution in [-0.4, -0.2) is 38.4 Å². The van der Waals surface area contributed by atoms with Crippen molar-refractivity contribution in [2.45, 2.75) is 6.42 Å². The largest absolute Gasteiger partial charge is 0.457 e. The average molecular weight is 452 g/mol. The molecule has 170 valence electrons. The summed E-state index contributed by atoms with van der Waals surface area (Å²) in [6.07, 6.45) is 5.66. The molecular weight excluding hydrogens is 426 g/mol. The summed E-state index contributed by atoms with van der Waals surface area (Å²) in [6, 6.07) is 17.6. The van der Waals surface area contributed by atoms with Crippen molar-refractivity contribution in [2.24, 2.45) is 7.05 Å². The van der Waals surface area contributed by atoms with Crippen molar-refractivity contribution in [1.82, 2.24) is 19.4 Å². The molecule has 0 aliphatic carbocycles. The molecule has 2 aromatic heterocycles. The van der Waals surface area contributed by atoms with Crippen LogP contribution >= 0.6 is 0 Å². The van der Waals surface area contributed by atoms with Gasteiger partial charge in [0.1, 0.15) is 29.3 Å². The number of nitrogens with two attached hydrogens (primary N) is 1. The van der Waals surface area contributed by atoms with Crippen LogP contribution < -0.4 is 10.5 Å². The lowest BCUT2D eigenvalue weighted by atomic mass is 9.95. The number of fused-ring (bicyclic) bond motifs is 1. The molecule has 4 aromatic rings. The maximum absolute atomic E-state index is 12.0. The van der Waals surface area contributed by atoms with Gasteiger partial charge in [0.05, 0.1) is 11.1 Å². The Labute approximate surface area is 197 Å². The number of nitrogens with zero attached hydrogens (tertiary/aromatic N) is 4. The van der Waals surface area contributed by atoms with Crippen molar-refractivity contribution in [1.29, 1.82) is 0 Å². The van der Waals surface area contributed by atoms with Crippen molar-refractivity contribution in [3.63, 3.8) is 0 Å². The molecule has 1 amide bonds. The van der Waals surface area contributed by atoms with Crippen molar-refractivity contribution in [3.8, 4) is 22.6 Å². The molecule has 2 aromatic carbocycles. The molecule has 7 nitrogen and oxygen atoms in total. The summed E-state index contributed by atoms with van der Waals surface area (Å²) in [6.45, 7) is 4.76. The van der Waals surface area contributed by atoms with Gasteiger partial charge in [-0.2, -0.15) is 0 Å². The van der Waals surface area contributed by atoms with Gasteiger partial charge in [-0.25, -0.2) is 9.97 Å². The summed E-state index contributed by atoms with van der Waals surface area (Å²) in [5, 5.41) is 0.822. The topological polar surface area (TPSA) is 86.3 Å². The molecule has 34 heavy (non-hydrogen) atoms. The highest BCUT2D eigenvalue weighted by molar-refractivity contribution is 6.06. The maximum Gasteiger partial charge on any atom is 0.246 e. The van der Waals surface area contributed by atoms with Gasteiger partial charge in [-0.05, 0) is 47.9 Å². The molecule has 2 N–H and O–H groups in total. The van der Waals surface area contributed by atoms with E-state index in [0.29, 0.717) is 18.9 Å². The summed E-state index contributed by atoms with van der Waals surface area (Å²) in [5.74, 6) is 1.91. The lowest BCUT2D eigenvalue weighted by molar-refractivity contribution is -0.125. The number of hydrogen-bond donors (Lipinski definition) is 1. The van der Waals surface area contributed by atoms with E-state index in [1.807, 2.05) is 61.6 Å². The second-order valence-electron chi connectivity index (χ2n) is 8.15. The summed E-state index contributed by atoms with van der Waals surface area (Å²) >= 11 is 0. The summed E-state index contributed by atoms with van der Waals surface area (Å²) in [5.41, 5.74) is 11.3. The molecule has 0 unspecified atom stereocenters. The third-order valence-corrected chi connectivity index (χ3v) is 6.12. The minimum Gasteiger partial charge on any atom is -0.457 e. The van der Waals surface area contributed by atoms with E-state index in [0.717, 1.165) is 51.3 Å². The number of benzene rings is 2. The average Bonchev–Trinajstić information content (AvgIpc) is 3.18. The molecule has 0 radical (unpaired) electrons. The third kappa shape index (κ3) is 3.81. The zero-order valence-corrected chi connectivity index (χ0v) is 18.9. The van der Waals surface area contributed by atoms with E-state index in [1.165, 1.54) is 12.4 Å². The Bertz CT molecular complexity index is 1400. The minimum atomic E-state index is -0.0586. The molecule has 1 aliphatic rings. The minimum absolute atomic E-state index is 0.0586. The zero-order chi connectivity index (χ0) is 23.7. The molecule has 0 spiro atoms. The van der Waals surface area contributed by atoms with Crippen LogP contribution in [0.15, 0.2) is 79.7 Å². The highest BCUT2D eigenvalue weighted by Gasteiger charge is 2.25. The SMILES string of the molecule is C=CC(=O)N1CC=C(c2c(-c3ccc(Oc4ccccc4)cc3)c3c(N)ncnc3n2C)CC1. The molecule has 0 fully saturated rings. The standard InChI is InChI=1S/C27H25N5O2/c1-3-22(33)32-15-13-19(14-16-32)25-23(24-26(28)29-17-30-27(24)31(25)2)18-9-11-21(12-10-18)34-20-7-5-4-6-8-20/h3-13,17H,1,14-16H2,2H3,(H2,28,29,30). The van der Waals surface area contributed by atoms with Crippen LogP contribution in [0.3, 0.4) is 0 Å². The fourth-order valence-electron chi connectivity index (χ4n) is 4.46. The lowest BCUT2D eigenvalue weighted by Crippen LogP contribution is -2.33. The number of nitrogen functional groups attached to an aromatic ring is 1. The normalized spacial score (nSPS) is 13.6. The molecule has 7 heteroatoms. The van der Waals surface area contributed by atoms with E-state index in [1.54, 1.807) is 4.90 Å². The first-order chi connectivity index (χ1) is 16.6. The van der Waals surface area contributed by atoms with Crippen molar-refractivity contribution < 1.29 is 9.53 Å². The number of anilines is 1. The molecule has 0 atom stereocenters. The van der Waals surface area contributed by atoms with Crippen LogP contribution in [0.25, 0.3) is 27.7 Å². The molecule has 0 saturated heterocycles. The Balaban J connectivity index is 1.59. The smallest absolute Gasteiger partial charge is 0.246 e. The zero-order valence-electron chi connectivity index (χ0n) is 18.9. The summed E-state index contributed by atoms with van der Waals surface area (Å²) in [4.78, 5) is 22.6. The van der Waals surface area contributed by atoms with Crippen LogP contribution in [0.1, 0.15) is 12.1 Å². The van der Waals surface area contributed by atoms with E-state index in [4.69, 9.17) is 10.5 Å². The predicted octanol–water partition coefficient (Wildman–Crippen LogP) is 4.81. The van der Waals surface area contributed by atoms with Crippen molar-refractivity contribution in [2.75, 3.05) is 18.8 Å². The van der Waals surface area contributed by atoms with Crippen LogP contribution in [0.5, 0.6) is 11.5 Å². The van der Waals surface area contributed by atoms with Gasteiger partial charge in [0, 0.05) is 25.7 Å². The summed E-state index contributed by atoms with van der Waals surface area (Å²) < 4.78 is 8.03. The van der Waals surface area contributed by atoms with Crippen molar-refractivity contribution >= 4 is 28.3 Å². The first kappa shape index (κ1) is 21.5.